The average Bonchev–Trinajstić information content (AvgIpc) is 3.22. The lowest BCUT2D eigenvalue weighted by Gasteiger charge is -2.13. The number of nitrogens with zero attached hydrogens (tertiary/aromatic N) is 6. The topological polar surface area (TPSA) is 81.4 Å². The third-order valence-electron chi connectivity index (χ3n) is 3.87. The quantitative estimate of drug-likeness (QED) is 0.607. The van der Waals surface area contributed by atoms with Crippen molar-refractivity contribution in [2.24, 2.45) is 7.05 Å². The Hall–Kier alpha value is -2.87. The summed E-state index contributed by atoms with van der Waals surface area (Å²) in [4.78, 5) is 18.1. The van der Waals surface area contributed by atoms with E-state index in [9.17, 15) is 0 Å². The molecule has 25 heavy (non-hydrogen) atoms. The van der Waals surface area contributed by atoms with Crippen LogP contribution in [-0.2, 0) is 7.05 Å². The van der Waals surface area contributed by atoms with Crippen LogP contribution in [0.25, 0.3) is 22.4 Å². The number of thiazole rings is 1. The predicted molar refractivity (Wildman–Crippen MR) is 98.4 cm³/mol. The molecule has 126 valence electrons. The van der Waals surface area contributed by atoms with Gasteiger partial charge in [-0.2, -0.15) is 5.10 Å². The Bertz CT molecular complexity index is 1020. The minimum atomic E-state index is 0.0405. The lowest BCUT2D eigenvalue weighted by atomic mass is 10.2. The third-order valence-corrected chi connectivity index (χ3v) is 5.02. The smallest absolute Gasteiger partial charge is 0.165 e. The first kappa shape index (κ1) is 15.6. The van der Waals surface area contributed by atoms with E-state index in [1.165, 1.54) is 0 Å². The van der Waals surface area contributed by atoms with Crippen LogP contribution < -0.4 is 5.32 Å². The number of fused-ring (bicyclic) bond motifs is 1. The minimum absolute atomic E-state index is 0.0405. The van der Waals surface area contributed by atoms with Crippen LogP contribution in [-0.4, -0.2) is 29.7 Å². The van der Waals surface area contributed by atoms with Gasteiger partial charge >= 0.3 is 0 Å². The number of aromatic nitrogens is 6. The molecule has 0 aromatic carbocycles. The molecule has 0 saturated heterocycles. The maximum absolute atomic E-state index is 4.72. The Labute approximate surface area is 148 Å². The number of hydrogen-bond acceptors (Lipinski definition) is 7. The van der Waals surface area contributed by atoms with E-state index >= 15 is 0 Å². The van der Waals surface area contributed by atoms with Gasteiger partial charge in [0, 0.05) is 36.1 Å². The van der Waals surface area contributed by atoms with E-state index in [1.807, 2.05) is 31.5 Å². The molecule has 0 saturated carbocycles. The van der Waals surface area contributed by atoms with Gasteiger partial charge in [-0.05, 0) is 26.0 Å². The number of aryl methyl sites for hydroxylation is 2. The Morgan fingerprint density at radius 1 is 1.20 bits per heavy atom. The maximum atomic E-state index is 4.72. The highest BCUT2D eigenvalue weighted by atomic mass is 32.1. The fourth-order valence-electron chi connectivity index (χ4n) is 2.59. The highest BCUT2D eigenvalue weighted by Crippen LogP contribution is 2.28. The van der Waals surface area contributed by atoms with Crippen LogP contribution in [0.15, 0.2) is 36.1 Å². The van der Waals surface area contributed by atoms with E-state index in [-0.39, 0.29) is 6.04 Å². The number of hydrogen-bond donors (Lipinski definition) is 1. The second-order valence-electron chi connectivity index (χ2n) is 5.84. The van der Waals surface area contributed by atoms with Gasteiger partial charge in [0.2, 0.25) is 0 Å². The highest BCUT2D eigenvalue weighted by molar-refractivity contribution is 7.09. The van der Waals surface area contributed by atoms with Crippen LogP contribution in [0.1, 0.15) is 23.7 Å². The second-order valence-corrected chi connectivity index (χ2v) is 6.73. The molecule has 0 radical (unpaired) electrons. The van der Waals surface area contributed by atoms with E-state index in [2.05, 4.69) is 32.3 Å². The van der Waals surface area contributed by atoms with Gasteiger partial charge in [-0.25, -0.2) is 15.0 Å². The van der Waals surface area contributed by atoms with E-state index < -0.39 is 0 Å². The Morgan fingerprint density at radius 2 is 2.08 bits per heavy atom. The molecule has 4 heterocycles. The molecule has 1 atom stereocenters. The van der Waals surface area contributed by atoms with E-state index in [0.717, 1.165) is 33.1 Å². The molecule has 7 nitrogen and oxygen atoms in total. The van der Waals surface area contributed by atoms with Gasteiger partial charge < -0.3 is 5.32 Å². The first-order chi connectivity index (χ1) is 12.1. The molecule has 0 spiro atoms. The number of rotatable bonds is 4. The van der Waals surface area contributed by atoms with Crippen molar-refractivity contribution in [2.45, 2.75) is 19.9 Å². The first-order valence-electron chi connectivity index (χ1n) is 7.90. The van der Waals surface area contributed by atoms with Crippen LogP contribution in [0.4, 0.5) is 5.82 Å². The molecule has 8 heteroatoms. The molecule has 1 N–H and O–H groups in total. The van der Waals surface area contributed by atoms with Crippen LogP contribution in [0, 0.1) is 6.92 Å². The monoisotopic (exact) mass is 351 g/mol. The molecule has 0 bridgehead atoms. The van der Waals surface area contributed by atoms with E-state index in [4.69, 9.17) is 4.98 Å². The summed E-state index contributed by atoms with van der Waals surface area (Å²) in [6.45, 7) is 4.07. The summed E-state index contributed by atoms with van der Waals surface area (Å²) >= 11 is 1.64. The van der Waals surface area contributed by atoms with Crippen molar-refractivity contribution in [3.05, 3.63) is 46.8 Å². The predicted octanol–water partition coefficient (Wildman–Crippen LogP) is 3.36. The Balaban J connectivity index is 1.79. The zero-order valence-corrected chi connectivity index (χ0v) is 14.9. The number of pyridine rings is 1. The number of anilines is 1. The van der Waals surface area contributed by atoms with Gasteiger partial charge in [-0.15, -0.1) is 11.3 Å². The maximum Gasteiger partial charge on any atom is 0.165 e. The zero-order chi connectivity index (χ0) is 17.4. The molecule has 0 aliphatic carbocycles. The van der Waals surface area contributed by atoms with E-state index in [0.29, 0.717) is 5.82 Å². The Kier molecular flexibility index (Phi) is 3.89. The fourth-order valence-corrected chi connectivity index (χ4v) is 3.40. The molecule has 0 unspecified atom stereocenters. The molecule has 0 amide bonds. The molecule has 0 aliphatic heterocycles. The molecular weight excluding hydrogens is 334 g/mol. The van der Waals surface area contributed by atoms with Gasteiger partial charge in [0.25, 0.3) is 0 Å². The third kappa shape index (κ3) is 2.96. The zero-order valence-electron chi connectivity index (χ0n) is 14.1. The summed E-state index contributed by atoms with van der Waals surface area (Å²) in [5.41, 5.74) is 2.67. The molecule has 4 aromatic rings. The van der Waals surface area contributed by atoms with Crippen LogP contribution in [0.3, 0.4) is 0 Å². The summed E-state index contributed by atoms with van der Waals surface area (Å²) in [5, 5.41) is 11.7. The van der Waals surface area contributed by atoms with Crippen molar-refractivity contribution < 1.29 is 0 Å². The molecule has 0 fully saturated rings. The van der Waals surface area contributed by atoms with E-state index in [1.54, 1.807) is 34.6 Å². The summed E-state index contributed by atoms with van der Waals surface area (Å²) < 4.78 is 1.75. The summed E-state index contributed by atoms with van der Waals surface area (Å²) in [6.07, 6.45) is 5.28. The largest absolute Gasteiger partial charge is 0.360 e. The highest BCUT2D eigenvalue weighted by Gasteiger charge is 2.16. The lowest BCUT2D eigenvalue weighted by Crippen LogP contribution is -2.09. The lowest BCUT2D eigenvalue weighted by molar-refractivity contribution is 0.785. The minimum Gasteiger partial charge on any atom is -0.360 e. The number of nitrogens with one attached hydrogen (secondary N) is 1. The van der Waals surface area contributed by atoms with Crippen molar-refractivity contribution >= 4 is 28.2 Å². The van der Waals surface area contributed by atoms with Crippen molar-refractivity contribution in [2.75, 3.05) is 5.32 Å². The van der Waals surface area contributed by atoms with Crippen LogP contribution >= 0.6 is 11.3 Å². The van der Waals surface area contributed by atoms with Crippen LogP contribution in [0.5, 0.6) is 0 Å². The first-order valence-corrected chi connectivity index (χ1v) is 8.78. The summed E-state index contributed by atoms with van der Waals surface area (Å²) in [6, 6.07) is 3.86. The average molecular weight is 351 g/mol. The molecular formula is C17H17N7S. The van der Waals surface area contributed by atoms with Crippen molar-refractivity contribution in [3.63, 3.8) is 0 Å². The van der Waals surface area contributed by atoms with Gasteiger partial charge in [0.05, 0.1) is 17.6 Å². The molecule has 0 aliphatic rings. The second kappa shape index (κ2) is 6.21. The van der Waals surface area contributed by atoms with Gasteiger partial charge in [-0.1, -0.05) is 0 Å². The fraction of sp³-hybridized carbons (Fsp3) is 0.235. The summed E-state index contributed by atoms with van der Waals surface area (Å²) in [5.74, 6) is 1.37. The summed E-state index contributed by atoms with van der Waals surface area (Å²) in [7, 11) is 1.87. The molecule has 4 aromatic heterocycles. The molecule has 4 rings (SSSR count). The van der Waals surface area contributed by atoms with Crippen LogP contribution in [0.2, 0.25) is 0 Å². The van der Waals surface area contributed by atoms with Gasteiger partial charge in [-0.3, -0.25) is 9.67 Å². The van der Waals surface area contributed by atoms with Gasteiger partial charge in [0.15, 0.2) is 11.5 Å². The van der Waals surface area contributed by atoms with Crippen molar-refractivity contribution in [1.29, 1.82) is 0 Å². The van der Waals surface area contributed by atoms with Crippen molar-refractivity contribution in [1.82, 2.24) is 29.7 Å². The van der Waals surface area contributed by atoms with Crippen molar-refractivity contribution in [3.8, 4) is 11.4 Å². The standard InChI is InChI=1S/C17H17N7S/c1-10-9-25-17(20-10)11(2)21-15-13-8-19-24(3)16(13)23-14(22-15)12-5-4-6-18-7-12/h4-9,11H,1-3H3,(H,21,22,23)/t11-/m0/s1. The normalized spacial score (nSPS) is 12.4. The SMILES string of the molecule is Cc1csc([C@H](C)Nc2nc(-c3cccnc3)nc3c2cnn3C)n1. The Morgan fingerprint density at radius 3 is 2.80 bits per heavy atom. The van der Waals surface area contributed by atoms with Gasteiger partial charge in [0.1, 0.15) is 10.8 Å².